The third-order valence-electron chi connectivity index (χ3n) is 2.28. The van der Waals surface area contributed by atoms with Crippen LogP contribution in [0.5, 0.6) is 0 Å². The smallest absolute Gasteiger partial charge is 0.391 e. The summed E-state index contributed by atoms with van der Waals surface area (Å²) in [6, 6.07) is 0. The Kier molecular flexibility index (Phi) is 7.32. The molecule has 6 heteroatoms. The van der Waals surface area contributed by atoms with Crippen molar-refractivity contribution in [2.75, 3.05) is 27.9 Å². The van der Waals surface area contributed by atoms with E-state index in [0.717, 1.165) is 6.42 Å². The first kappa shape index (κ1) is 15.0. The molecule has 0 aromatic heterocycles. The summed E-state index contributed by atoms with van der Waals surface area (Å²) in [5.41, 5.74) is 0.0475. The van der Waals surface area contributed by atoms with Crippen LogP contribution in [0.25, 0.3) is 0 Å². The molecule has 0 heterocycles. The van der Waals surface area contributed by atoms with Crippen molar-refractivity contribution in [3.05, 3.63) is 0 Å². The third-order valence-corrected chi connectivity index (χ3v) is 5.54. The number of aliphatic hydroxyl groups excluding tert-OH is 1. The zero-order valence-corrected chi connectivity index (χ0v) is 11.2. The van der Waals surface area contributed by atoms with Gasteiger partial charge in [0.1, 0.15) is 0 Å². The van der Waals surface area contributed by atoms with Gasteiger partial charge in [-0.2, -0.15) is 0 Å². The van der Waals surface area contributed by atoms with E-state index in [9.17, 15) is 5.11 Å². The molecule has 2 N–H and O–H groups in total. The molecule has 2 atom stereocenters. The Bertz CT molecular complexity index is 160. The lowest BCUT2D eigenvalue weighted by Crippen LogP contribution is -2.60. The van der Waals surface area contributed by atoms with E-state index < -0.39 is 14.9 Å². The highest BCUT2D eigenvalue weighted by atomic mass is 28.4. The first-order chi connectivity index (χ1) is 7.06. The maximum atomic E-state index is 9.20. The topological polar surface area (TPSA) is 60.0 Å². The Morgan fingerprint density at radius 3 is 2.13 bits per heavy atom. The van der Waals surface area contributed by atoms with Crippen LogP contribution in [0.3, 0.4) is 0 Å². The summed E-state index contributed by atoms with van der Waals surface area (Å²) in [6.07, 6.45) is 0.334. The monoisotopic (exact) mass is 237 g/mol. The molecule has 0 aliphatic heterocycles. The minimum atomic E-state index is -2.71. The first-order valence-corrected chi connectivity index (χ1v) is 6.96. The normalized spacial score (nSPS) is 16.4. The summed E-state index contributed by atoms with van der Waals surface area (Å²) < 4.78 is 16.4. The van der Waals surface area contributed by atoms with Gasteiger partial charge in [0.2, 0.25) is 0 Å². The standard InChI is InChI=1S/C9H23NO4Si/c1-6-9(10-3)15(12-4,13-5)14-7-8(2)11/h8-11H,6-7H2,1-5H3. The van der Waals surface area contributed by atoms with E-state index in [1.54, 1.807) is 21.1 Å². The maximum absolute atomic E-state index is 9.20. The molecule has 0 amide bonds. The van der Waals surface area contributed by atoms with Crippen molar-refractivity contribution < 1.29 is 18.4 Å². The van der Waals surface area contributed by atoms with Gasteiger partial charge in [0, 0.05) is 14.2 Å². The fourth-order valence-electron chi connectivity index (χ4n) is 1.45. The van der Waals surface area contributed by atoms with Crippen LogP contribution >= 0.6 is 0 Å². The lowest BCUT2D eigenvalue weighted by atomic mass is 10.5. The quantitative estimate of drug-likeness (QED) is 0.589. The summed E-state index contributed by atoms with van der Waals surface area (Å²) >= 11 is 0. The number of nitrogens with one attached hydrogen (secondary N) is 1. The van der Waals surface area contributed by atoms with Gasteiger partial charge < -0.3 is 23.7 Å². The van der Waals surface area contributed by atoms with Crippen molar-refractivity contribution >= 4 is 8.80 Å². The number of rotatable bonds is 8. The largest absolute Gasteiger partial charge is 0.518 e. The Morgan fingerprint density at radius 2 is 1.87 bits per heavy atom. The molecule has 92 valence electrons. The summed E-state index contributed by atoms with van der Waals surface area (Å²) in [5, 5.41) is 12.3. The average molecular weight is 237 g/mol. The molecule has 0 bridgehead atoms. The first-order valence-electron chi connectivity index (χ1n) is 5.15. The van der Waals surface area contributed by atoms with E-state index in [4.69, 9.17) is 13.3 Å². The molecule has 0 saturated carbocycles. The second-order valence-electron chi connectivity index (χ2n) is 3.42. The Hall–Kier alpha value is 0.0169. The molecule has 0 spiro atoms. The van der Waals surface area contributed by atoms with Crippen molar-refractivity contribution in [1.29, 1.82) is 0 Å². The van der Waals surface area contributed by atoms with Gasteiger partial charge in [-0.3, -0.25) is 0 Å². The van der Waals surface area contributed by atoms with Gasteiger partial charge >= 0.3 is 8.80 Å². The summed E-state index contributed by atoms with van der Waals surface area (Å²) in [5.74, 6) is 0. The third kappa shape index (κ3) is 4.18. The summed E-state index contributed by atoms with van der Waals surface area (Å²) in [6.45, 7) is 3.93. The molecule has 0 aliphatic carbocycles. The van der Waals surface area contributed by atoms with Crippen molar-refractivity contribution in [3.8, 4) is 0 Å². The second-order valence-corrected chi connectivity index (χ2v) is 6.43. The Labute approximate surface area is 93.1 Å². The fourth-order valence-corrected chi connectivity index (χ4v) is 3.95. The van der Waals surface area contributed by atoms with Crippen LogP contribution in [-0.4, -0.2) is 53.6 Å². The van der Waals surface area contributed by atoms with E-state index in [1.807, 2.05) is 14.0 Å². The molecule has 0 aliphatic rings. The van der Waals surface area contributed by atoms with Gasteiger partial charge in [-0.1, -0.05) is 6.92 Å². The van der Waals surface area contributed by atoms with Crippen molar-refractivity contribution in [2.24, 2.45) is 0 Å². The molecule has 0 aromatic rings. The van der Waals surface area contributed by atoms with E-state index in [2.05, 4.69) is 5.32 Å². The van der Waals surface area contributed by atoms with Gasteiger partial charge in [0.15, 0.2) is 0 Å². The molecule has 0 aromatic carbocycles. The lowest BCUT2D eigenvalue weighted by Gasteiger charge is -2.33. The van der Waals surface area contributed by atoms with Gasteiger partial charge in [0.05, 0.1) is 18.4 Å². The van der Waals surface area contributed by atoms with E-state index >= 15 is 0 Å². The molecule has 0 radical (unpaired) electrons. The minimum absolute atomic E-state index is 0.0475. The van der Waals surface area contributed by atoms with Crippen LogP contribution in [0.2, 0.25) is 0 Å². The summed E-state index contributed by atoms with van der Waals surface area (Å²) in [4.78, 5) is 0. The van der Waals surface area contributed by atoms with E-state index in [1.165, 1.54) is 0 Å². The van der Waals surface area contributed by atoms with Crippen LogP contribution in [0.4, 0.5) is 0 Å². The molecule has 0 saturated heterocycles. The van der Waals surface area contributed by atoms with Gasteiger partial charge in [0.25, 0.3) is 0 Å². The Morgan fingerprint density at radius 1 is 1.33 bits per heavy atom. The zero-order valence-electron chi connectivity index (χ0n) is 10.2. The molecular weight excluding hydrogens is 214 g/mol. The lowest BCUT2D eigenvalue weighted by molar-refractivity contribution is 0.0404. The fraction of sp³-hybridized carbons (Fsp3) is 1.00. The van der Waals surface area contributed by atoms with Crippen molar-refractivity contribution in [3.63, 3.8) is 0 Å². The van der Waals surface area contributed by atoms with Crippen LogP contribution in [0.15, 0.2) is 0 Å². The van der Waals surface area contributed by atoms with Crippen LogP contribution in [-0.2, 0) is 13.3 Å². The van der Waals surface area contributed by atoms with E-state index in [-0.39, 0.29) is 12.3 Å². The molecule has 2 unspecified atom stereocenters. The Balaban J connectivity index is 4.54. The number of hydrogen-bond acceptors (Lipinski definition) is 5. The molecular formula is C9H23NO4Si. The minimum Gasteiger partial charge on any atom is -0.391 e. The highest BCUT2D eigenvalue weighted by Crippen LogP contribution is 2.15. The van der Waals surface area contributed by atoms with Crippen molar-refractivity contribution in [1.82, 2.24) is 5.32 Å². The van der Waals surface area contributed by atoms with Crippen LogP contribution in [0, 0.1) is 0 Å². The maximum Gasteiger partial charge on any atom is 0.518 e. The number of aliphatic hydroxyl groups is 1. The number of hydrogen-bond donors (Lipinski definition) is 2. The zero-order chi connectivity index (χ0) is 11.9. The highest BCUT2D eigenvalue weighted by Gasteiger charge is 2.46. The average Bonchev–Trinajstić information content (AvgIpc) is 2.24. The van der Waals surface area contributed by atoms with Gasteiger partial charge in [-0.05, 0) is 20.4 Å². The van der Waals surface area contributed by atoms with Gasteiger partial charge in [-0.25, -0.2) is 0 Å². The molecule has 0 fully saturated rings. The predicted molar refractivity (Wildman–Crippen MR) is 60.5 cm³/mol. The predicted octanol–water partition coefficient (Wildman–Crippen LogP) is 0.153. The van der Waals surface area contributed by atoms with Crippen LogP contribution in [0.1, 0.15) is 20.3 Å². The SMILES string of the molecule is CCC(NC)[Si](OC)(OC)OCC(C)O. The highest BCUT2D eigenvalue weighted by molar-refractivity contribution is 6.62. The van der Waals surface area contributed by atoms with Crippen molar-refractivity contribution in [2.45, 2.75) is 32.0 Å². The summed E-state index contributed by atoms with van der Waals surface area (Å²) in [7, 11) is 2.30. The molecule has 15 heavy (non-hydrogen) atoms. The van der Waals surface area contributed by atoms with E-state index in [0.29, 0.717) is 0 Å². The van der Waals surface area contributed by atoms with Gasteiger partial charge in [-0.15, -0.1) is 0 Å². The second kappa shape index (κ2) is 7.32. The van der Waals surface area contributed by atoms with Crippen LogP contribution < -0.4 is 5.32 Å². The molecule has 5 nitrogen and oxygen atoms in total. The molecule has 0 rings (SSSR count).